The molecule has 0 spiro atoms. The Balaban J connectivity index is 2.56. The van der Waals surface area contributed by atoms with Gasteiger partial charge in [0, 0.05) is 11.3 Å². The molecule has 0 aliphatic heterocycles. The highest BCUT2D eigenvalue weighted by atomic mass is 19.4. The highest BCUT2D eigenvalue weighted by Gasteiger charge is 2.38. The van der Waals surface area contributed by atoms with E-state index in [9.17, 15) is 13.2 Å². The topological polar surface area (TPSA) is 63.8 Å². The van der Waals surface area contributed by atoms with Crippen molar-refractivity contribution < 1.29 is 13.2 Å². The summed E-state index contributed by atoms with van der Waals surface area (Å²) in [7, 11) is 0. The fourth-order valence-electron chi connectivity index (χ4n) is 2.08. The number of aromatic nitrogens is 2. The molecule has 7 heteroatoms. The van der Waals surface area contributed by atoms with Gasteiger partial charge in [-0.15, -0.1) is 0 Å². The molecule has 1 aliphatic carbocycles. The molecular formula is C10H13F3N4. The number of hydrazine groups is 1. The van der Waals surface area contributed by atoms with E-state index < -0.39 is 11.9 Å². The van der Waals surface area contributed by atoms with Crippen LogP contribution in [0.5, 0.6) is 0 Å². The molecule has 1 aromatic rings. The molecule has 1 aliphatic rings. The first-order valence-electron chi connectivity index (χ1n) is 5.35. The maximum atomic E-state index is 12.9. The van der Waals surface area contributed by atoms with E-state index in [1.165, 1.54) is 0 Å². The Kier molecular flexibility index (Phi) is 2.94. The van der Waals surface area contributed by atoms with E-state index in [0.717, 1.165) is 6.42 Å². The number of halogens is 3. The van der Waals surface area contributed by atoms with Gasteiger partial charge in [-0.3, -0.25) is 5.43 Å². The van der Waals surface area contributed by atoms with Crippen LogP contribution >= 0.6 is 0 Å². The van der Waals surface area contributed by atoms with Crippen LogP contribution in [0.4, 0.5) is 19.1 Å². The quantitative estimate of drug-likeness (QED) is 0.587. The van der Waals surface area contributed by atoms with Gasteiger partial charge in [0.2, 0.25) is 5.95 Å². The normalized spacial score (nSPS) is 19.9. The van der Waals surface area contributed by atoms with Crippen LogP contribution in [0, 0.1) is 5.92 Å². The minimum Gasteiger partial charge on any atom is -0.292 e. The molecule has 4 nitrogen and oxygen atoms in total. The third kappa shape index (κ3) is 2.33. The number of fused-ring (bicyclic) bond motifs is 1. The summed E-state index contributed by atoms with van der Waals surface area (Å²) in [5.74, 6) is 5.13. The van der Waals surface area contributed by atoms with E-state index in [1.54, 1.807) is 0 Å². The van der Waals surface area contributed by atoms with Crippen molar-refractivity contribution in [3.05, 3.63) is 17.0 Å². The zero-order valence-electron chi connectivity index (χ0n) is 9.30. The van der Waals surface area contributed by atoms with Crippen LogP contribution in [0.15, 0.2) is 0 Å². The van der Waals surface area contributed by atoms with Gasteiger partial charge in [-0.2, -0.15) is 13.2 Å². The number of aryl methyl sites for hydroxylation is 1. The molecule has 0 fully saturated rings. The van der Waals surface area contributed by atoms with E-state index in [1.807, 2.05) is 6.92 Å². The number of hydrogen-bond acceptors (Lipinski definition) is 4. The molecule has 2 rings (SSSR count). The number of nitrogen functional groups attached to an aromatic ring is 1. The van der Waals surface area contributed by atoms with Crippen molar-refractivity contribution in [1.82, 2.24) is 9.97 Å². The van der Waals surface area contributed by atoms with Gasteiger partial charge in [-0.25, -0.2) is 15.8 Å². The van der Waals surface area contributed by atoms with Crippen molar-refractivity contribution in [1.29, 1.82) is 0 Å². The summed E-state index contributed by atoms with van der Waals surface area (Å²) in [6, 6.07) is 0. The van der Waals surface area contributed by atoms with Gasteiger partial charge in [-0.1, -0.05) is 6.92 Å². The molecule has 0 saturated carbocycles. The van der Waals surface area contributed by atoms with Crippen molar-refractivity contribution in [3.8, 4) is 0 Å². The van der Waals surface area contributed by atoms with E-state index in [-0.39, 0.29) is 17.4 Å². The number of alkyl halides is 3. The minimum absolute atomic E-state index is 0.175. The number of nitrogens with two attached hydrogens (primary N) is 1. The zero-order chi connectivity index (χ0) is 12.6. The van der Waals surface area contributed by atoms with Crippen LogP contribution in [0.25, 0.3) is 0 Å². The molecule has 3 N–H and O–H groups in total. The Labute approximate surface area is 96.4 Å². The molecule has 17 heavy (non-hydrogen) atoms. The van der Waals surface area contributed by atoms with Crippen LogP contribution in [-0.2, 0) is 19.0 Å². The van der Waals surface area contributed by atoms with Gasteiger partial charge in [0.05, 0.1) is 0 Å². The van der Waals surface area contributed by atoms with Crippen LogP contribution < -0.4 is 11.3 Å². The minimum atomic E-state index is -4.46. The molecule has 1 aromatic heterocycles. The summed E-state index contributed by atoms with van der Waals surface area (Å²) < 4.78 is 38.6. The number of nitrogens with one attached hydrogen (secondary N) is 1. The molecule has 1 atom stereocenters. The summed E-state index contributed by atoms with van der Waals surface area (Å²) in [5.41, 5.74) is 1.89. The Morgan fingerprint density at radius 3 is 2.65 bits per heavy atom. The molecule has 0 saturated heterocycles. The third-order valence-electron chi connectivity index (χ3n) is 2.92. The molecule has 0 radical (unpaired) electrons. The Morgan fingerprint density at radius 2 is 2.06 bits per heavy atom. The highest BCUT2D eigenvalue weighted by molar-refractivity contribution is 5.37. The van der Waals surface area contributed by atoms with E-state index >= 15 is 0 Å². The van der Waals surface area contributed by atoms with Gasteiger partial charge in [0.1, 0.15) is 0 Å². The van der Waals surface area contributed by atoms with Crippen LogP contribution in [0.2, 0.25) is 0 Å². The Morgan fingerprint density at radius 1 is 1.35 bits per heavy atom. The average Bonchev–Trinajstić information content (AvgIpc) is 2.26. The number of anilines is 1. The molecule has 1 heterocycles. The van der Waals surface area contributed by atoms with Gasteiger partial charge in [-0.05, 0) is 25.2 Å². The second kappa shape index (κ2) is 4.14. The van der Waals surface area contributed by atoms with Gasteiger partial charge < -0.3 is 0 Å². The largest absolute Gasteiger partial charge is 0.433 e. The second-order valence-electron chi connectivity index (χ2n) is 4.31. The van der Waals surface area contributed by atoms with E-state index in [4.69, 9.17) is 5.84 Å². The Hall–Kier alpha value is -1.37. The zero-order valence-corrected chi connectivity index (χ0v) is 9.30. The summed E-state index contributed by atoms with van der Waals surface area (Å²) in [5, 5.41) is 0. The smallest absolute Gasteiger partial charge is 0.292 e. The number of rotatable bonds is 1. The fourth-order valence-corrected chi connectivity index (χ4v) is 2.08. The number of nitrogens with zero attached hydrogens (tertiary/aromatic N) is 2. The first-order chi connectivity index (χ1) is 7.91. The Bertz CT molecular complexity index is 430. The third-order valence-corrected chi connectivity index (χ3v) is 2.92. The summed E-state index contributed by atoms with van der Waals surface area (Å²) in [6.45, 7) is 1.93. The van der Waals surface area contributed by atoms with Gasteiger partial charge >= 0.3 is 6.18 Å². The van der Waals surface area contributed by atoms with Crippen LogP contribution in [-0.4, -0.2) is 9.97 Å². The lowest BCUT2D eigenvalue weighted by Crippen LogP contribution is -2.24. The molecule has 0 unspecified atom stereocenters. The molecule has 0 amide bonds. The van der Waals surface area contributed by atoms with Crippen molar-refractivity contribution in [2.24, 2.45) is 11.8 Å². The lowest BCUT2D eigenvalue weighted by atomic mass is 9.87. The van der Waals surface area contributed by atoms with Crippen molar-refractivity contribution in [2.45, 2.75) is 32.4 Å². The predicted octanol–water partition coefficient (Wildman–Crippen LogP) is 1.91. The van der Waals surface area contributed by atoms with Crippen molar-refractivity contribution in [2.75, 3.05) is 5.43 Å². The molecular weight excluding hydrogens is 233 g/mol. The van der Waals surface area contributed by atoms with Gasteiger partial charge in [0.25, 0.3) is 0 Å². The lowest BCUT2D eigenvalue weighted by Gasteiger charge is -2.24. The SMILES string of the molecule is C[C@H]1CCc2nc(NN)nc(C(F)(F)F)c2C1. The van der Waals surface area contributed by atoms with E-state index in [0.29, 0.717) is 18.5 Å². The first kappa shape index (κ1) is 12.1. The monoisotopic (exact) mass is 246 g/mol. The summed E-state index contributed by atoms with van der Waals surface area (Å²) in [6.07, 6.45) is -2.72. The fraction of sp³-hybridized carbons (Fsp3) is 0.600. The summed E-state index contributed by atoms with van der Waals surface area (Å²) in [4.78, 5) is 7.43. The maximum absolute atomic E-state index is 12.9. The first-order valence-corrected chi connectivity index (χ1v) is 5.35. The maximum Gasteiger partial charge on any atom is 0.433 e. The van der Waals surface area contributed by atoms with Gasteiger partial charge in [0.15, 0.2) is 5.69 Å². The molecule has 0 aromatic carbocycles. The highest BCUT2D eigenvalue weighted by Crippen LogP contribution is 2.36. The lowest BCUT2D eigenvalue weighted by molar-refractivity contribution is -0.142. The molecule has 0 bridgehead atoms. The number of hydrogen-bond donors (Lipinski definition) is 2. The van der Waals surface area contributed by atoms with Crippen molar-refractivity contribution in [3.63, 3.8) is 0 Å². The van der Waals surface area contributed by atoms with Crippen LogP contribution in [0.1, 0.15) is 30.3 Å². The van der Waals surface area contributed by atoms with Crippen molar-refractivity contribution >= 4 is 5.95 Å². The standard InChI is InChI=1S/C10H13F3N4/c1-5-2-3-7-6(4-5)8(10(11,12)13)16-9(15-7)17-14/h5H,2-4,14H2,1H3,(H,15,16,17)/t5-/m0/s1. The predicted molar refractivity (Wildman–Crippen MR) is 56.0 cm³/mol. The second-order valence-corrected chi connectivity index (χ2v) is 4.31. The summed E-state index contributed by atoms with van der Waals surface area (Å²) >= 11 is 0. The van der Waals surface area contributed by atoms with E-state index in [2.05, 4.69) is 15.4 Å². The van der Waals surface area contributed by atoms with Crippen LogP contribution in [0.3, 0.4) is 0 Å². The average molecular weight is 246 g/mol. The molecule has 94 valence electrons.